The number of piperidine rings is 1. The van der Waals surface area contributed by atoms with Crippen LogP contribution in [0.5, 0.6) is 0 Å². The summed E-state index contributed by atoms with van der Waals surface area (Å²) < 4.78 is 0. The summed E-state index contributed by atoms with van der Waals surface area (Å²) in [4.78, 5) is 28.6. The number of amides is 3. The molecule has 0 bridgehead atoms. The number of urea groups is 1. The molecule has 4 N–H and O–H groups in total. The summed E-state index contributed by atoms with van der Waals surface area (Å²) in [5, 5.41) is 12.1. The Labute approximate surface area is 170 Å². The molecule has 4 rings (SSSR count). The van der Waals surface area contributed by atoms with Crippen molar-refractivity contribution in [2.24, 2.45) is 11.3 Å². The van der Waals surface area contributed by atoms with Crippen LogP contribution in [0.1, 0.15) is 30.4 Å². The number of rotatable bonds is 6. The maximum absolute atomic E-state index is 12.5. The molecule has 7 heteroatoms. The minimum absolute atomic E-state index is 0.153. The smallest absolute Gasteiger partial charge is 0.319 e. The Morgan fingerprint density at radius 1 is 1.03 bits per heavy atom. The van der Waals surface area contributed by atoms with E-state index >= 15 is 0 Å². The highest BCUT2D eigenvalue weighted by Gasteiger charge is 2.57. The molecule has 2 fully saturated rings. The molecule has 0 radical (unpaired) electrons. The summed E-state index contributed by atoms with van der Waals surface area (Å²) in [6.45, 7) is 2.93. The Hall–Kier alpha value is -2.93. The fourth-order valence-electron chi connectivity index (χ4n) is 4.13. The fourth-order valence-corrected chi connectivity index (χ4v) is 4.13. The van der Waals surface area contributed by atoms with Gasteiger partial charge in [0.05, 0.1) is 0 Å². The number of nitrogens with zero attached hydrogens (tertiary/aromatic N) is 1. The molecule has 2 heterocycles. The second-order valence-electron chi connectivity index (χ2n) is 7.95. The van der Waals surface area contributed by atoms with E-state index in [0.29, 0.717) is 18.8 Å². The first-order valence-electron chi connectivity index (χ1n) is 10.2. The molecule has 3 amide bonds. The first-order valence-corrected chi connectivity index (χ1v) is 10.2. The molecular formula is C22H27N5O2. The molecule has 2 aromatic rings. The van der Waals surface area contributed by atoms with Gasteiger partial charge in [-0.05, 0) is 73.2 Å². The number of carbonyl (C=O) groups excluding carboxylic acids is 2. The second-order valence-corrected chi connectivity index (χ2v) is 7.95. The van der Waals surface area contributed by atoms with Crippen LogP contribution in [0.4, 0.5) is 10.5 Å². The van der Waals surface area contributed by atoms with Crippen LogP contribution in [0.25, 0.3) is 0 Å². The van der Waals surface area contributed by atoms with Gasteiger partial charge in [0.1, 0.15) is 0 Å². The molecule has 29 heavy (non-hydrogen) atoms. The molecule has 7 nitrogen and oxygen atoms in total. The lowest BCUT2D eigenvalue weighted by Gasteiger charge is -2.23. The molecule has 2 aliphatic rings. The van der Waals surface area contributed by atoms with Gasteiger partial charge in [0.2, 0.25) is 5.91 Å². The molecule has 1 unspecified atom stereocenters. The zero-order valence-corrected chi connectivity index (χ0v) is 16.4. The van der Waals surface area contributed by atoms with Crippen molar-refractivity contribution in [2.45, 2.75) is 32.4 Å². The predicted molar refractivity (Wildman–Crippen MR) is 111 cm³/mol. The summed E-state index contributed by atoms with van der Waals surface area (Å²) in [5.74, 6) is 0.310. The average molecular weight is 393 g/mol. The van der Waals surface area contributed by atoms with E-state index in [1.165, 1.54) is 0 Å². The highest BCUT2D eigenvalue weighted by Crippen LogP contribution is 2.58. The largest absolute Gasteiger partial charge is 0.352 e. The van der Waals surface area contributed by atoms with Crippen molar-refractivity contribution < 1.29 is 9.59 Å². The van der Waals surface area contributed by atoms with E-state index in [0.717, 1.165) is 43.5 Å². The molecule has 1 aliphatic carbocycles. The van der Waals surface area contributed by atoms with Crippen LogP contribution in [0.3, 0.4) is 0 Å². The van der Waals surface area contributed by atoms with Gasteiger partial charge in [-0.2, -0.15) is 0 Å². The summed E-state index contributed by atoms with van der Waals surface area (Å²) in [5.41, 5.74) is 2.89. The van der Waals surface area contributed by atoms with Gasteiger partial charge >= 0.3 is 6.03 Å². The van der Waals surface area contributed by atoms with Crippen molar-refractivity contribution in [1.82, 2.24) is 20.9 Å². The van der Waals surface area contributed by atoms with Gasteiger partial charge in [-0.15, -0.1) is 0 Å². The standard InChI is InChI=1S/C22H27N5O2/c28-20(19-13-22(19)6-10-24-11-7-22)25-15-17-2-1-3-18(12-17)27-21(29)26-14-16-4-8-23-9-5-16/h1-5,8-9,12,19,24H,6-7,10-11,13-15H2,(H,25,28)(H2,26,27,29). The van der Waals surface area contributed by atoms with E-state index in [-0.39, 0.29) is 23.3 Å². The molecule has 1 atom stereocenters. The Morgan fingerprint density at radius 3 is 2.59 bits per heavy atom. The lowest BCUT2D eigenvalue weighted by molar-refractivity contribution is -0.123. The summed E-state index contributed by atoms with van der Waals surface area (Å²) in [6.07, 6.45) is 6.60. The lowest BCUT2D eigenvalue weighted by atomic mass is 9.92. The Balaban J connectivity index is 1.24. The van der Waals surface area contributed by atoms with Crippen molar-refractivity contribution in [3.8, 4) is 0 Å². The minimum Gasteiger partial charge on any atom is -0.352 e. The third-order valence-electron chi connectivity index (χ3n) is 5.96. The van der Waals surface area contributed by atoms with Gasteiger partial charge in [0.15, 0.2) is 0 Å². The summed E-state index contributed by atoms with van der Waals surface area (Å²) >= 11 is 0. The van der Waals surface area contributed by atoms with Crippen LogP contribution in [-0.2, 0) is 17.9 Å². The van der Waals surface area contributed by atoms with Gasteiger partial charge in [-0.3, -0.25) is 9.78 Å². The maximum Gasteiger partial charge on any atom is 0.319 e. The van der Waals surface area contributed by atoms with Crippen LogP contribution >= 0.6 is 0 Å². The average Bonchev–Trinajstić information content (AvgIpc) is 3.45. The summed E-state index contributed by atoms with van der Waals surface area (Å²) in [6, 6.07) is 11.0. The Kier molecular flexibility index (Phi) is 5.76. The number of carbonyl (C=O) groups is 2. The van der Waals surface area contributed by atoms with Crippen molar-refractivity contribution in [3.63, 3.8) is 0 Å². The Morgan fingerprint density at radius 2 is 1.79 bits per heavy atom. The van der Waals surface area contributed by atoms with Crippen molar-refractivity contribution in [2.75, 3.05) is 18.4 Å². The quantitative estimate of drug-likeness (QED) is 0.606. The molecule has 1 spiro atoms. The van der Waals surface area contributed by atoms with Gasteiger partial charge in [0, 0.05) is 37.1 Å². The molecule has 1 aromatic heterocycles. The number of nitrogens with one attached hydrogen (secondary N) is 4. The number of hydrogen-bond acceptors (Lipinski definition) is 4. The van der Waals surface area contributed by atoms with Crippen LogP contribution in [0.2, 0.25) is 0 Å². The SMILES string of the molecule is O=C(NCc1ccncc1)Nc1cccc(CNC(=O)C2CC23CCNCC3)c1. The molecule has 1 aromatic carbocycles. The van der Waals surface area contributed by atoms with E-state index in [4.69, 9.17) is 0 Å². The highest BCUT2D eigenvalue weighted by molar-refractivity contribution is 5.89. The zero-order chi connectivity index (χ0) is 20.1. The minimum atomic E-state index is -0.270. The Bertz CT molecular complexity index is 865. The molecular weight excluding hydrogens is 366 g/mol. The number of pyridine rings is 1. The van der Waals surface area contributed by atoms with Crippen LogP contribution in [0, 0.1) is 11.3 Å². The van der Waals surface area contributed by atoms with Gasteiger partial charge in [-0.1, -0.05) is 12.1 Å². The predicted octanol–water partition coefficient (Wildman–Crippen LogP) is 2.41. The third-order valence-corrected chi connectivity index (χ3v) is 5.96. The van der Waals surface area contributed by atoms with E-state index in [1.54, 1.807) is 12.4 Å². The van der Waals surface area contributed by atoms with Crippen LogP contribution in [0.15, 0.2) is 48.8 Å². The monoisotopic (exact) mass is 393 g/mol. The van der Waals surface area contributed by atoms with Crippen molar-refractivity contribution >= 4 is 17.6 Å². The number of hydrogen-bond donors (Lipinski definition) is 4. The normalized spacial score (nSPS) is 19.4. The van der Waals surface area contributed by atoms with E-state index in [9.17, 15) is 9.59 Å². The highest BCUT2D eigenvalue weighted by atomic mass is 16.2. The topological polar surface area (TPSA) is 95.2 Å². The van der Waals surface area contributed by atoms with Crippen LogP contribution < -0.4 is 21.3 Å². The van der Waals surface area contributed by atoms with Gasteiger partial charge in [-0.25, -0.2) is 4.79 Å². The van der Waals surface area contributed by atoms with Gasteiger partial charge in [0.25, 0.3) is 0 Å². The number of anilines is 1. The number of aromatic nitrogens is 1. The van der Waals surface area contributed by atoms with E-state index < -0.39 is 0 Å². The molecule has 1 saturated heterocycles. The number of benzene rings is 1. The molecule has 1 saturated carbocycles. The second kappa shape index (κ2) is 8.61. The molecule has 1 aliphatic heterocycles. The van der Waals surface area contributed by atoms with Crippen LogP contribution in [-0.4, -0.2) is 30.0 Å². The van der Waals surface area contributed by atoms with Crippen molar-refractivity contribution in [1.29, 1.82) is 0 Å². The third kappa shape index (κ3) is 4.92. The molecule has 152 valence electrons. The first kappa shape index (κ1) is 19.4. The van der Waals surface area contributed by atoms with E-state index in [1.807, 2.05) is 36.4 Å². The van der Waals surface area contributed by atoms with Gasteiger partial charge < -0.3 is 21.3 Å². The van der Waals surface area contributed by atoms with Crippen molar-refractivity contribution in [3.05, 3.63) is 59.9 Å². The van der Waals surface area contributed by atoms with E-state index in [2.05, 4.69) is 26.3 Å². The summed E-state index contributed by atoms with van der Waals surface area (Å²) in [7, 11) is 0. The lowest BCUT2D eigenvalue weighted by Crippen LogP contribution is -2.33. The zero-order valence-electron chi connectivity index (χ0n) is 16.4. The fraction of sp³-hybridized carbons (Fsp3) is 0.409. The maximum atomic E-state index is 12.5. The first-order chi connectivity index (χ1) is 14.1.